The Labute approximate surface area is 243 Å². The number of methoxy groups -OCH3 is 2. The zero-order valence-electron chi connectivity index (χ0n) is 24.6. The molecule has 0 saturated heterocycles. The first-order valence-corrected chi connectivity index (χ1v) is 14.1. The molecule has 218 valence electrons. The van der Waals surface area contributed by atoms with E-state index >= 15 is 0 Å². The van der Waals surface area contributed by atoms with Gasteiger partial charge >= 0.3 is 0 Å². The van der Waals surface area contributed by atoms with Crippen LogP contribution in [0.4, 0.5) is 5.69 Å². The minimum absolute atomic E-state index is 0.0776. The molecule has 3 atom stereocenters. The third-order valence-corrected chi connectivity index (χ3v) is 7.70. The number of likely N-dealkylation sites (N-methyl/N-ethyl adjacent to an activating group) is 1. The molecule has 0 aromatic heterocycles. The topological polar surface area (TPSA) is 80.3 Å². The standard InChI is InChI=1S/C33H41N3O5/c1-23-20-36(17-16-25-10-7-6-8-11-25)24(2)22-41-30-19-27(34-32(37)26-12-9-13-28(18-26)39-4)14-15-29(30)33(38)35(3)21-31(23)40-5/h6-15,18-19,23-24,31H,16-17,20-22H2,1-5H3,(H,34,37)/t23-,24-,31-/m0/s1. The first-order chi connectivity index (χ1) is 19.8. The van der Waals surface area contributed by atoms with Crippen LogP contribution >= 0.6 is 0 Å². The maximum absolute atomic E-state index is 13.5. The quantitative estimate of drug-likeness (QED) is 0.439. The van der Waals surface area contributed by atoms with Crippen molar-refractivity contribution < 1.29 is 23.8 Å². The molecule has 8 nitrogen and oxygen atoms in total. The van der Waals surface area contributed by atoms with Gasteiger partial charge in [-0.05, 0) is 55.2 Å². The zero-order valence-corrected chi connectivity index (χ0v) is 24.6. The van der Waals surface area contributed by atoms with Crippen molar-refractivity contribution in [2.75, 3.05) is 52.8 Å². The number of hydrogen-bond donors (Lipinski definition) is 1. The average molecular weight is 560 g/mol. The summed E-state index contributed by atoms with van der Waals surface area (Å²) >= 11 is 0. The van der Waals surface area contributed by atoms with Crippen LogP contribution in [0.2, 0.25) is 0 Å². The van der Waals surface area contributed by atoms with E-state index in [1.165, 1.54) is 5.56 Å². The van der Waals surface area contributed by atoms with Gasteiger partial charge in [0.25, 0.3) is 11.8 Å². The highest BCUT2D eigenvalue weighted by molar-refractivity contribution is 6.05. The zero-order chi connectivity index (χ0) is 29.4. The highest BCUT2D eigenvalue weighted by atomic mass is 16.5. The fourth-order valence-electron chi connectivity index (χ4n) is 5.12. The molecule has 3 aromatic carbocycles. The van der Waals surface area contributed by atoms with Gasteiger partial charge in [-0.1, -0.05) is 43.3 Å². The van der Waals surface area contributed by atoms with Gasteiger partial charge in [0.1, 0.15) is 18.1 Å². The second kappa shape index (κ2) is 14.1. The predicted octanol–water partition coefficient (Wildman–Crippen LogP) is 5.00. The second-order valence-electron chi connectivity index (χ2n) is 10.7. The Morgan fingerprint density at radius 1 is 1.00 bits per heavy atom. The Balaban J connectivity index is 1.59. The number of ether oxygens (including phenoxy) is 3. The van der Waals surface area contributed by atoms with Crippen molar-refractivity contribution in [2.45, 2.75) is 32.4 Å². The number of anilines is 1. The van der Waals surface area contributed by atoms with Gasteiger partial charge in [0.15, 0.2) is 0 Å². The maximum Gasteiger partial charge on any atom is 0.257 e. The van der Waals surface area contributed by atoms with Gasteiger partial charge in [0.05, 0.1) is 18.8 Å². The van der Waals surface area contributed by atoms with E-state index in [0.717, 1.165) is 19.5 Å². The van der Waals surface area contributed by atoms with Crippen molar-refractivity contribution in [1.29, 1.82) is 0 Å². The van der Waals surface area contributed by atoms with Crippen LogP contribution in [0.5, 0.6) is 11.5 Å². The molecule has 0 aliphatic carbocycles. The molecule has 0 radical (unpaired) electrons. The summed E-state index contributed by atoms with van der Waals surface area (Å²) < 4.78 is 17.5. The summed E-state index contributed by atoms with van der Waals surface area (Å²) in [6.45, 7) is 6.83. The molecule has 1 aliphatic rings. The molecule has 3 aromatic rings. The summed E-state index contributed by atoms with van der Waals surface area (Å²) in [5.74, 6) is 0.790. The number of nitrogens with one attached hydrogen (secondary N) is 1. The highest BCUT2D eigenvalue weighted by Gasteiger charge is 2.28. The summed E-state index contributed by atoms with van der Waals surface area (Å²) in [4.78, 5) is 30.6. The van der Waals surface area contributed by atoms with E-state index in [9.17, 15) is 9.59 Å². The largest absolute Gasteiger partial charge is 0.497 e. The first-order valence-electron chi connectivity index (χ1n) is 14.1. The predicted molar refractivity (Wildman–Crippen MR) is 161 cm³/mol. The SMILES string of the molecule is COc1cccc(C(=O)Nc2ccc3c(c2)OC[C@H](C)N(CCc2ccccc2)C[C@H](C)[C@@H](OC)CN(C)C3=O)c1. The number of hydrogen-bond acceptors (Lipinski definition) is 6. The molecule has 4 rings (SSSR count). The van der Waals surface area contributed by atoms with Crippen LogP contribution in [0.1, 0.15) is 40.1 Å². The van der Waals surface area contributed by atoms with Crippen LogP contribution in [-0.2, 0) is 11.2 Å². The number of carbonyl (C=O) groups excluding carboxylic acids is 2. The minimum Gasteiger partial charge on any atom is -0.497 e. The Hall–Kier alpha value is -3.88. The van der Waals surface area contributed by atoms with E-state index in [0.29, 0.717) is 41.5 Å². The van der Waals surface area contributed by atoms with Crippen molar-refractivity contribution >= 4 is 17.5 Å². The Morgan fingerprint density at radius 3 is 2.51 bits per heavy atom. The van der Waals surface area contributed by atoms with Gasteiger partial charge < -0.3 is 24.4 Å². The summed E-state index contributed by atoms with van der Waals surface area (Å²) in [7, 11) is 5.05. The summed E-state index contributed by atoms with van der Waals surface area (Å²) in [6, 6.07) is 22.7. The van der Waals surface area contributed by atoms with Gasteiger partial charge in [-0.2, -0.15) is 0 Å². The van der Waals surface area contributed by atoms with E-state index in [4.69, 9.17) is 14.2 Å². The molecule has 0 bridgehead atoms. The van der Waals surface area contributed by atoms with Gasteiger partial charge in [-0.25, -0.2) is 0 Å². The number of carbonyl (C=O) groups is 2. The third kappa shape index (κ3) is 7.86. The van der Waals surface area contributed by atoms with Gasteiger partial charge in [0.2, 0.25) is 0 Å². The second-order valence-corrected chi connectivity index (χ2v) is 10.7. The summed E-state index contributed by atoms with van der Waals surface area (Å²) in [5.41, 5.74) is 2.74. The normalized spacial score (nSPS) is 20.3. The smallest absolute Gasteiger partial charge is 0.257 e. The Kier molecular flexibility index (Phi) is 10.4. The van der Waals surface area contributed by atoms with Crippen LogP contribution in [0.15, 0.2) is 72.8 Å². The maximum atomic E-state index is 13.5. The van der Waals surface area contributed by atoms with Crippen LogP contribution in [-0.4, -0.2) is 81.3 Å². The monoisotopic (exact) mass is 559 g/mol. The lowest BCUT2D eigenvalue weighted by Gasteiger charge is -2.36. The minimum atomic E-state index is -0.280. The van der Waals surface area contributed by atoms with E-state index in [2.05, 4.69) is 48.3 Å². The molecule has 1 N–H and O–H groups in total. The van der Waals surface area contributed by atoms with Crippen molar-refractivity contribution in [3.63, 3.8) is 0 Å². The van der Waals surface area contributed by atoms with Crippen LogP contribution in [0.3, 0.4) is 0 Å². The first kappa shape index (κ1) is 30.1. The fraction of sp³-hybridized carbons (Fsp3) is 0.394. The molecular formula is C33H41N3O5. The molecule has 0 fully saturated rings. The molecule has 0 spiro atoms. The van der Waals surface area contributed by atoms with Crippen molar-refractivity contribution in [3.8, 4) is 11.5 Å². The Bertz CT molecular complexity index is 1320. The molecule has 0 unspecified atom stereocenters. The molecule has 41 heavy (non-hydrogen) atoms. The number of rotatable bonds is 7. The number of fused-ring (bicyclic) bond motifs is 1. The highest BCUT2D eigenvalue weighted by Crippen LogP contribution is 2.27. The lowest BCUT2D eigenvalue weighted by Crippen LogP contribution is -2.47. The van der Waals surface area contributed by atoms with Crippen molar-refractivity contribution in [3.05, 3.63) is 89.5 Å². The van der Waals surface area contributed by atoms with Crippen LogP contribution < -0.4 is 14.8 Å². The van der Waals surface area contributed by atoms with Gasteiger partial charge in [0, 0.05) is 57.2 Å². The molecule has 0 saturated carbocycles. The van der Waals surface area contributed by atoms with Gasteiger partial charge in [-0.3, -0.25) is 14.5 Å². The fourth-order valence-corrected chi connectivity index (χ4v) is 5.12. The molecule has 2 amide bonds. The van der Waals surface area contributed by atoms with Gasteiger partial charge in [-0.15, -0.1) is 0 Å². The van der Waals surface area contributed by atoms with Crippen LogP contribution in [0, 0.1) is 5.92 Å². The summed E-state index contributed by atoms with van der Waals surface area (Å²) in [5, 5.41) is 2.92. The van der Waals surface area contributed by atoms with Crippen molar-refractivity contribution in [1.82, 2.24) is 9.80 Å². The molecule has 8 heteroatoms. The van der Waals surface area contributed by atoms with Crippen LogP contribution in [0.25, 0.3) is 0 Å². The molecule has 1 heterocycles. The number of nitrogens with zero attached hydrogens (tertiary/aromatic N) is 2. The van der Waals surface area contributed by atoms with E-state index in [1.807, 2.05) is 6.07 Å². The number of amides is 2. The Morgan fingerprint density at radius 2 is 1.78 bits per heavy atom. The van der Waals surface area contributed by atoms with E-state index < -0.39 is 0 Å². The van der Waals surface area contributed by atoms with E-state index in [-0.39, 0.29) is 29.9 Å². The molecular weight excluding hydrogens is 518 g/mol. The lowest BCUT2D eigenvalue weighted by atomic mass is 10.0. The number of benzene rings is 3. The summed E-state index contributed by atoms with van der Waals surface area (Å²) in [6.07, 6.45) is 0.797. The van der Waals surface area contributed by atoms with E-state index in [1.54, 1.807) is 68.6 Å². The lowest BCUT2D eigenvalue weighted by molar-refractivity contribution is 0.0109. The molecule has 1 aliphatic heterocycles. The average Bonchev–Trinajstić information content (AvgIpc) is 3.00. The van der Waals surface area contributed by atoms with Crippen molar-refractivity contribution in [2.24, 2.45) is 5.92 Å². The third-order valence-electron chi connectivity index (χ3n) is 7.70.